The molecule has 0 amide bonds. The molecule has 0 saturated carbocycles. The number of ether oxygens (including phenoxy) is 1. The third kappa shape index (κ3) is 3.81. The zero-order valence-corrected chi connectivity index (χ0v) is 12.7. The lowest BCUT2D eigenvalue weighted by atomic mass is 10.2. The molecule has 1 heterocycles. The van der Waals surface area contributed by atoms with Gasteiger partial charge in [-0.25, -0.2) is 0 Å². The Morgan fingerprint density at radius 3 is 2.52 bits per heavy atom. The van der Waals surface area contributed by atoms with Crippen LogP contribution in [-0.4, -0.2) is 28.0 Å². The molecule has 112 valence electrons. The van der Waals surface area contributed by atoms with E-state index in [-0.39, 0.29) is 12.0 Å². The number of hydrogen-bond acceptors (Lipinski definition) is 6. The van der Waals surface area contributed by atoms with Crippen LogP contribution in [0.2, 0.25) is 0 Å². The molecule has 21 heavy (non-hydrogen) atoms. The molecule has 6 heteroatoms. The molecule has 1 aromatic carbocycles. The summed E-state index contributed by atoms with van der Waals surface area (Å²) >= 11 is 0. The van der Waals surface area contributed by atoms with Gasteiger partial charge in [0.25, 0.3) is 0 Å². The summed E-state index contributed by atoms with van der Waals surface area (Å²) in [5.74, 6) is 1.40. The molecule has 1 aromatic heterocycles. The second-order valence-corrected chi connectivity index (χ2v) is 4.55. The predicted molar refractivity (Wildman–Crippen MR) is 83.7 cm³/mol. The van der Waals surface area contributed by atoms with E-state index in [1.807, 2.05) is 36.9 Å². The highest BCUT2D eigenvalue weighted by Crippen LogP contribution is 2.21. The monoisotopic (exact) mass is 287 g/mol. The van der Waals surface area contributed by atoms with Crippen molar-refractivity contribution in [3.63, 3.8) is 0 Å². The van der Waals surface area contributed by atoms with Gasteiger partial charge >= 0.3 is 6.01 Å². The van der Waals surface area contributed by atoms with Crippen molar-refractivity contribution >= 4 is 11.9 Å². The summed E-state index contributed by atoms with van der Waals surface area (Å²) in [6.45, 7) is 7.76. The predicted octanol–water partition coefficient (Wildman–Crippen LogP) is 2.65. The molecule has 0 radical (unpaired) electrons. The van der Waals surface area contributed by atoms with Crippen LogP contribution >= 0.6 is 0 Å². The molecule has 0 aliphatic carbocycles. The van der Waals surface area contributed by atoms with Crippen molar-refractivity contribution in [1.29, 1.82) is 0 Å². The highest BCUT2D eigenvalue weighted by Gasteiger charge is 2.11. The smallest absolute Gasteiger partial charge is 0.328 e. The number of benzene rings is 1. The van der Waals surface area contributed by atoms with Crippen molar-refractivity contribution in [2.75, 3.05) is 23.7 Å². The van der Waals surface area contributed by atoms with Crippen molar-refractivity contribution in [1.82, 2.24) is 15.0 Å². The van der Waals surface area contributed by atoms with E-state index in [2.05, 4.69) is 27.9 Å². The van der Waals surface area contributed by atoms with Crippen LogP contribution < -0.4 is 15.4 Å². The minimum absolute atomic E-state index is 0.161. The number of aromatic nitrogens is 3. The number of aryl methyl sites for hydroxylation is 1. The highest BCUT2D eigenvalue weighted by molar-refractivity contribution is 5.37. The molecular weight excluding hydrogens is 266 g/mol. The molecule has 0 unspecified atom stereocenters. The summed E-state index contributed by atoms with van der Waals surface area (Å²) in [5.41, 5.74) is 6.94. The summed E-state index contributed by atoms with van der Waals surface area (Å²) in [7, 11) is 0. The van der Waals surface area contributed by atoms with Crippen LogP contribution in [-0.2, 0) is 6.42 Å². The number of rotatable bonds is 6. The molecule has 0 saturated heterocycles. The van der Waals surface area contributed by atoms with Gasteiger partial charge in [0, 0.05) is 13.1 Å². The number of nitrogens with zero attached hydrogens (tertiary/aromatic N) is 4. The summed E-state index contributed by atoms with van der Waals surface area (Å²) in [4.78, 5) is 14.5. The van der Waals surface area contributed by atoms with E-state index in [0.29, 0.717) is 11.7 Å². The summed E-state index contributed by atoms with van der Waals surface area (Å²) in [6, 6.07) is 8.06. The van der Waals surface area contributed by atoms with Crippen molar-refractivity contribution in [3.05, 3.63) is 29.8 Å². The maximum Gasteiger partial charge on any atom is 0.328 e. The van der Waals surface area contributed by atoms with Crippen LogP contribution in [0.4, 0.5) is 11.9 Å². The van der Waals surface area contributed by atoms with E-state index in [0.717, 1.165) is 19.5 Å². The van der Waals surface area contributed by atoms with Crippen LogP contribution in [0.25, 0.3) is 0 Å². The molecular formula is C15H21N5O. The molecule has 0 spiro atoms. The van der Waals surface area contributed by atoms with E-state index >= 15 is 0 Å². The van der Waals surface area contributed by atoms with Crippen molar-refractivity contribution in [2.24, 2.45) is 0 Å². The number of nitrogens with two attached hydrogens (primary N) is 1. The fourth-order valence-corrected chi connectivity index (χ4v) is 1.99. The fraction of sp³-hybridized carbons (Fsp3) is 0.400. The van der Waals surface area contributed by atoms with Gasteiger partial charge in [-0.15, -0.1) is 0 Å². The average Bonchev–Trinajstić information content (AvgIpc) is 2.48. The summed E-state index contributed by atoms with van der Waals surface area (Å²) in [5, 5.41) is 0. The van der Waals surface area contributed by atoms with Crippen LogP contribution in [0, 0.1) is 0 Å². The highest BCUT2D eigenvalue weighted by atomic mass is 16.5. The Kier molecular flexibility index (Phi) is 4.92. The molecule has 0 atom stereocenters. The Bertz CT molecular complexity index is 598. The van der Waals surface area contributed by atoms with Gasteiger partial charge in [-0.1, -0.05) is 19.1 Å². The van der Waals surface area contributed by atoms with Gasteiger partial charge in [0.2, 0.25) is 11.9 Å². The van der Waals surface area contributed by atoms with Crippen molar-refractivity contribution in [2.45, 2.75) is 27.2 Å². The van der Waals surface area contributed by atoms with Gasteiger partial charge in [0.05, 0.1) is 0 Å². The third-order valence-corrected chi connectivity index (χ3v) is 3.18. The topological polar surface area (TPSA) is 77.2 Å². The van der Waals surface area contributed by atoms with Crippen molar-refractivity contribution < 1.29 is 4.74 Å². The lowest BCUT2D eigenvalue weighted by Gasteiger charge is -2.18. The molecule has 2 rings (SSSR count). The number of nitrogen functional groups attached to an aromatic ring is 1. The van der Waals surface area contributed by atoms with Gasteiger partial charge in [-0.3, -0.25) is 0 Å². The fourth-order valence-electron chi connectivity index (χ4n) is 1.99. The average molecular weight is 287 g/mol. The number of hydrogen-bond donors (Lipinski definition) is 1. The van der Waals surface area contributed by atoms with Gasteiger partial charge in [0.15, 0.2) is 0 Å². The lowest BCUT2D eigenvalue weighted by molar-refractivity contribution is 0.440. The SMILES string of the molecule is CCc1cccc(Oc2nc(N)nc(N(CC)CC)n2)c1. The van der Waals surface area contributed by atoms with Crippen molar-refractivity contribution in [3.8, 4) is 11.8 Å². The molecule has 0 aliphatic rings. The molecule has 0 fully saturated rings. The normalized spacial score (nSPS) is 10.4. The van der Waals surface area contributed by atoms with Gasteiger partial charge < -0.3 is 15.4 Å². The third-order valence-electron chi connectivity index (χ3n) is 3.18. The van der Waals surface area contributed by atoms with Gasteiger partial charge in [-0.05, 0) is 38.0 Å². The summed E-state index contributed by atoms with van der Waals surface area (Å²) in [6.07, 6.45) is 0.946. The van der Waals surface area contributed by atoms with E-state index < -0.39 is 0 Å². The zero-order chi connectivity index (χ0) is 15.2. The van der Waals surface area contributed by atoms with Crippen LogP contribution in [0.3, 0.4) is 0 Å². The minimum atomic E-state index is 0.161. The van der Waals surface area contributed by atoms with E-state index in [9.17, 15) is 0 Å². The Morgan fingerprint density at radius 2 is 1.86 bits per heavy atom. The standard InChI is InChI=1S/C15H21N5O/c1-4-11-8-7-9-12(10-11)21-15-18-13(16)17-14(19-15)20(5-2)6-3/h7-10H,4-6H2,1-3H3,(H2,16,17,18,19). The quantitative estimate of drug-likeness (QED) is 0.880. The largest absolute Gasteiger partial charge is 0.424 e. The van der Waals surface area contributed by atoms with Crippen LogP contribution in [0.1, 0.15) is 26.3 Å². The maximum atomic E-state index is 5.75. The van der Waals surface area contributed by atoms with Gasteiger partial charge in [0.1, 0.15) is 5.75 Å². The first-order valence-corrected chi connectivity index (χ1v) is 7.19. The van der Waals surface area contributed by atoms with E-state index in [4.69, 9.17) is 10.5 Å². The van der Waals surface area contributed by atoms with Crippen LogP contribution in [0.15, 0.2) is 24.3 Å². The maximum absolute atomic E-state index is 5.75. The first-order valence-electron chi connectivity index (χ1n) is 7.19. The van der Waals surface area contributed by atoms with E-state index in [1.54, 1.807) is 0 Å². The Labute approximate surface area is 125 Å². The Balaban J connectivity index is 2.27. The number of anilines is 2. The second kappa shape index (κ2) is 6.88. The second-order valence-electron chi connectivity index (χ2n) is 4.55. The molecule has 2 N–H and O–H groups in total. The lowest BCUT2D eigenvalue weighted by Crippen LogP contribution is -2.25. The molecule has 0 aliphatic heterocycles. The molecule has 6 nitrogen and oxygen atoms in total. The zero-order valence-electron chi connectivity index (χ0n) is 12.7. The Morgan fingerprint density at radius 1 is 1.10 bits per heavy atom. The van der Waals surface area contributed by atoms with Crippen LogP contribution in [0.5, 0.6) is 11.8 Å². The first kappa shape index (κ1) is 15.0. The minimum Gasteiger partial charge on any atom is -0.424 e. The summed E-state index contributed by atoms with van der Waals surface area (Å²) < 4.78 is 5.71. The first-order chi connectivity index (χ1) is 10.2. The Hall–Kier alpha value is -2.37. The molecule has 2 aromatic rings. The van der Waals surface area contributed by atoms with E-state index in [1.165, 1.54) is 5.56 Å². The molecule has 0 bridgehead atoms. The van der Waals surface area contributed by atoms with Gasteiger partial charge in [-0.2, -0.15) is 15.0 Å².